The molecular weight excluding hydrogens is 414 g/mol. The van der Waals surface area contributed by atoms with Gasteiger partial charge in [0.1, 0.15) is 12.1 Å². The molecule has 1 fully saturated rings. The molecule has 1 aliphatic rings. The lowest BCUT2D eigenvalue weighted by Gasteiger charge is -2.25. The molecule has 0 radical (unpaired) electrons. The van der Waals surface area contributed by atoms with E-state index >= 15 is 0 Å². The number of carbonyl (C=O) groups excluding carboxylic acids is 5. The summed E-state index contributed by atoms with van der Waals surface area (Å²) in [7, 11) is 0. The first-order valence-electron chi connectivity index (χ1n) is 10.1. The predicted octanol–water partition coefficient (Wildman–Crippen LogP) is 1.27. The summed E-state index contributed by atoms with van der Waals surface area (Å²) in [5.41, 5.74) is 0.0686. The van der Waals surface area contributed by atoms with E-state index in [1.807, 2.05) is 6.07 Å². The van der Waals surface area contributed by atoms with Gasteiger partial charge in [-0.1, -0.05) is 67.6 Å². The predicted molar refractivity (Wildman–Crippen MR) is 113 cm³/mol. The van der Waals surface area contributed by atoms with Gasteiger partial charge in [0.2, 0.25) is 5.91 Å². The van der Waals surface area contributed by atoms with E-state index in [2.05, 4.69) is 10.6 Å². The molecule has 1 saturated heterocycles. The molecule has 1 unspecified atom stereocenters. The molecule has 0 saturated carbocycles. The molecule has 5 amide bonds. The number of nitrogens with one attached hydrogen (secondary N) is 2. The van der Waals surface area contributed by atoms with E-state index in [4.69, 9.17) is 4.74 Å². The van der Waals surface area contributed by atoms with Gasteiger partial charge in [0.15, 0.2) is 6.61 Å². The zero-order valence-corrected chi connectivity index (χ0v) is 17.5. The van der Waals surface area contributed by atoms with Crippen molar-refractivity contribution in [2.24, 2.45) is 0 Å². The quantitative estimate of drug-likeness (QED) is 0.474. The van der Waals surface area contributed by atoms with Gasteiger partial charge < -0.3 is 10.1 Å². The minimum absolute atomic E-state index is 0.00155. The molecule has 2 aromatic carbocycles. The summed E-state index contributed by atoms with van der Waals surface area (Å²) in [6, 6.07) is 16.9. The van der Waals surface area contributed by atoms with Gasteiger partial charge in [0, 0.05) is 0 Å². The van der Waals surface area contributed by atoms with Crippen LogP contribution in [0.15, 0.2) is 60.7 Å². The normalized spacial score (nSPS) is 17.6. The van der Waals surface area contributed by atoms with E-state index in [0.717, 1.165) is 10.5 Å². The van der Waals surface area contributed by atoms with Gasteiger partial charge in [-0.25, -0.2) is 4.79 Å². The van der Waals surface area contributed by atoms with Crippen molar-refractivity contribution in [1.82, 2.24) is 15.5 Å². The van der Waals surface area contributed by atoms with E-state index in [-0.39, 0.29) is 6.42 Å². The Morgan fingerprint density at radius 2 is 1.59 bits per heavy atom. The van der Waals surface area contributed by atoms with Crippen LogP contribution in [0.5, 0.6) is 0 Å². The molecule has 0 bridgehead atoms. The SMILES string of the molecule is CCC1(c2ccccc2)NC(=O)N(CC(=O)OCC(=O)NC(=O)Cc2ccccc2)C1=O. The summed E-state index contributed by atoms with van der Waals surface area (Å²) in [4.78, 5) is 62.0. The molecule has 9 heteroatoms. The Morgan fingerprint density at radius 3 is 2.22 bits per heavy atom. The summed E-state index contributed by atoms with van der Waals surface area (Å²) >= 11 is 0. The van der Waals surface area contributed by atoms with Crippen LogP contribution in [0.1, 0.15) is 24.5 Å². The monoisotopic (exact) mass is 437 g/mol. The van der Waals surface area contributed by atoms with E-state index in [0.29, 0.717) is 12.0 Å². The fourth-order valence-electron chi connectivity index (χ4n) is 3.47. The average molecular weight is 437 g/mol. The molecule has 9 nitrogen and oxygen atoms in total. The summed E-state index contributed by atoms with van der Waals surface area (Å²) in [5.74, 6) is -2.86. The molecule has 0 aliphatic carbocycles. The zero-order chi connectivity index (χ0) is 23.1. The minimum Gasteiger partial charge on any atom is -0.454 e. The van der Waals surface area contributed by atoms with Gasteiger partial charge in [-0.2, -0.15) is 0 Å². The second-order valence-corrected chi connectivity index (χ2v) is 7.24. The molecule has 0 aromatic heterocycles. The van der Waals surface area contributed by atoms with Crippen molar-refractivity contribution >= 4 is 29.7 Å². The Balaban J connectivity index is 1.52. The Kier molecular flexibility index (Phi) is 6.99. The van der Waals surface area contributed by atoms with Crippen molar-refractivity contribution < 1.29 is 28.7 Å². The summed E-state index contributed by atoms with van der Waals surface area (Å²) in [6.07, 6.45) is 0.292. The van der Waals surface area contributed by atoms with E-state index < -0.39 is 48.4 Å². The number of esters is 1. The van der Waals surface area contributed by atoms with Crippen LogP contribution in [-0.2, 0) is 35.9 Å². The van der Waals surface area contributed by atoms with Crippen molar-refractivity contribution in [3.05, 3.63) is 71.8 Å². The van der Waals surface area contributed by atoms with Gasteiger partial charge in [-0.05, 0) is 17.5 Å². The lowest BCUT2D eigenvalue weighted by Crippen LogP contribution is -2.44. The number of hydrogen-bond donors (Lipinski definition) is 2. The number of nitrogens with zero attached hydrogens (tertiary/aromatic N) is 1. The first-order valence-corrected chi connectivity index (χ1v) is 10.1. The molecule has 166 valence electrons. The molecule has 1 heterocycles. The van der Waals surface area contributed by atoms with Crippen LogP contribution in [0.2, 0.25) is 0 Å². The van der Waals surface area contributed by atoms with E-state index in [1.54, 1.807) is 61.5 Å². The third-order valence-electron chi connectivity index (χ3n) is 5.11. The van der Waals surface area contributed by atoms with E-state index in [9.17, 15) is 24.0 Å². The summed E-state index contributed by atoms with van der Waals surface area (Å²) in [6.45, 7) is 0.398. The highest BCUT2D eigenvalue weighted by molar-refractivity contribution is 6.09. The average Bonchev–Trinajstić information content (AvgIpc) is 3.04. The van der Waals surface area contributed by atoms with Crippen molar-refractivity contribution in [2.75, 3.05) is 13.2 Å². The van der Waals surface area contributed by atoms with Crippen LogP contribution in [-0.4, -0.2) is 47.8 Å². The van der Waals surface area contributed by atoms with Crippen molar-refractivity contribution in [1.29, 1.82) is 0 Å². The van der Waals surface area contributed by atoms with Gasteiger partial charge in [0.05, 0.1) is 6.42 Å². The fraction of sp³-hybridized carbons (Fsp3) is 0.261. The molecular formula is C23H23N3O6. The molecule has 3 rings (SSSR count). The Morgan fingerprint density at radius 1 is 0.969 bits per heavy atom. The summed E-state index contributed by atoms with van der Waals surface area (Å²) in [5, 5.41) is 4.78. The molecule has 0 spiro atoms. The Hall–Kier alpha value is -4.01. The lowest BCUT2D eigenvalue weighted by atomic mass is 9.87. The van der Waals surface area contributed by atoms with Gasteiger partial charge in [-0.3, -0.25) is 29.4 Å². The lowest BCUT2D eigenvalue weighted by molar-refractivity contribution is -0.151. The van der Waals surface area contributed by atoms with Gasteiger partial charge in [0.25, 0.3) is 11.8 Å². The van der Waals surface area contributed by atoms with Crippen LogP contribution < -0.4 is 10.6 Å². The maximum Gasteiger partial charge on any atom is 0.326 e. The summed E-state index contributed by atoms with van der Waals surface area (Å²) < 4.78 is 4.84. The first-order chi connectivity index (χ1) is 15.4. The van der Waals surface area contributed by atoms with E-state index in [1.165, 1.54) is 0 Å². The maximum atomic E-state index is 13.0. The number of urea groups is 1. The highest BCUT2D eigenvalue weighted by atomic mass is 16.5. The van der Waals surface area contributed by atoms with Crippen LogP contribution in [0.4, 0.5) is 4.79 Å². The molecule has 2 aromatic rings. The zero-order valence-electron chi connectivity index (χ0n) is 17.5. The number of amides is 5. The van der Waals surface area contributed by atoms with Crippen molar-refractivity contribution in [3.8, 4) is 0 Å². The number of ether oxygens (including phenoxy) is 1. The number of carbonyl (C=O) groups is 5. The first kappa shape index (κ1) is 22.7. The minimum atomic E-state index is -1.26. The van der Waals surface area contributed by atoms with Gasteiger partial charge in [-0.15, -0.1) is 0 Å². The third-order valence-corrected chi connectivity index (χ3v) is 5.11. The van der Waals surface area contributed by atoms with Crippen LogP contribution in [0, 0.1) is 0 Å². The standard InChI is InChI=1S/C23H23N3O6/c1-2-23(17-11-7-4-8-12-17)21(30)26(22(31)25-23)14-20(29)32-15-19(28)24-18(27)13-16-9-5-3-6-10-16/h3-12H,2,13-15H2,1H3,(H,25,31)(H,24,27,28). The van der Waals surface area contributed by atoms with Crippen LogP contribution >= 0.6 is 0 Å². The highest BCUT2D eigenvalue weighted by Gasteiger charge is 2.51. The van der Waals surface area contributed by atoms with Crippen LogP contribution in [0.25, 0.3) is 0 Å². The molecule has 32 heavy (non-hydrogen) atoms. The Bertz CT molecular complexity index is 1020. The highest BCUT2D eigenvalue weighted by Crippen LogP contribution is 2.32. The van der Waals surface area contributed by atoms with Crippen molar-refractivity contribution in [2.45, 2.75) is 25.3 Å². The second kappa shape index (κ2) is 9.86. The number of rotatable bonds is 8. The topological polar surface area (TPSA) is 122 Å². The number of hydrogen-bond acceptors (Lipinski definition) is 6. The molecule has 2 N–H and O–H groups in total. The van der Waals surface area contributed by atoms with Gasteiger partial charge >= 0.3 is 12.0 Å². The largest absolute Gasteiger partial charge is 0.454 e. The van der Waals surface area contributed by atoms with Crippen molar-refractivity contribution in [3.63, 3.8) is 0 Å². The van der Waals surface area contributed by atoms with Crippen LogP contribution in [0.3, 0.4) is 0 Å². The second-order valence-electron chi connectivity index (χ2n) is 7.24. The fourth-order valence-corrected chi connectivity index (χ4v) is 3.47. The molecule has 1 atom stereocenters. The number of benzene rings is 2. The number of imide groups is 2. The third kappa shape index (κ3) is 5.00. The Labute approximate surface area is 184 Å². The maximum absolute atomic E-state index is 13.0. The smallest absolute Gasteiger partial charge is 0.326 e. The molecule has 1 aliphatic heterocycles.